The minimum Gasteiger partial charge on any atom is -0.352 e. The zero-order chi connectivity index (χ0) is 23.4. The molecule has 0 aliphatic carbocycles. The summed E-state index contributed by atoms with van der Waals surface area (Å²) in [5.74, 6) is 1.15. The van der Waals surface area contributed by atoms with Gasteiger partial charge in [-0.1, -0.05) is 57.2 Å². The second-order valence-electron chi connectivity index (χ2n) is 8.78. The van der Waals surface area contributed by atoms with Crippen LogP contribution in [0.4, 0.5) is 5.82 Å². The second kappa shape index (κ2) is 10.2. The van der Waals surface area contributed by atoms with E-state index in [0.717, 1.165) is 33.9 Å². The molecule has 4 rings (SSSR count). The van der Waals surface area contributed by atoms with Crippen molar-refractivity contribution in [3.63, 3.8) is 0 Å². The number of carbonyl (C=O) groups is 1. The predicted octanol–water partition coefficient (Wildman–Crippen LogP) is 5.48. The number of anilines is 1. The first-order chi connectivity index (χ1) is 16.0. The van der Waals surface area contributed by atoms with Gasteiger partial charge in [0.1, 0.15) is 11.9 Å². The lowest BCUT2D eigenvalue weighted by Crippen LogP contribution is -2.55. The zero-order valence-corrected chi connectivity index (χ0v) is 20.3. The van der Waals surface area contributed by atoms with Crippen LogP contribution in [0.5, 0.6) is 0 Å². The molecule has 6 heteroatoms. The minimum absolute atomic E-state index is 0.107. The number of nitriles is 1. The van der Waals surface area contributed by atoms with Crippen molar-refractivity contribution in [3.8, 4) is 17.2 Å². The first kappa shape index (κ1) is 23.0. The van der Waals surface area contributed by atoms with E-state index in [4.69, 9.17) is 4.98 Å². The predicted molar refractivity (Wildman–Crippen MR) is 135 cm³/mol. The Hall–Kier alpha value is -3.17. The molecule has 0 N–H and O–H groups in total. The highest BCUT2D eigenvalue weighted by molar-refractivity contribution is 7.10. The molecule has 1 fully saturated rings. The maximum absolute atomic E-state index is 13.0. The highest BCUT2D eigenvalue weighted by atomic mass is 32.1. The van der Waals surface area contributed by atoms with Gasteiger partial charge in [-0.3, -0.25) is 4.79 Å². The van der Waals surface area contributed by atoms with Gasteiger partial charge in [-0.25, -0.2) is 4.98 Å². The fourth-order valence-electron chi connectivity index (χ4n) is 4.52. The molecular formula is C27H30N4OS. The van der Waals surface area contributed by atoms with E-state index in [9.17, 15) is 10.1 Å². The van der Waals surface area contributed by atoms with Crippen molar-refractivity contribution in [2.24, 2.45) is 0 Å². The summed E-state index contributed by atoms with van der Waals surface area (Å²) >= 11 is 1.63. The number of benzene rings is 1. The van der Waals surface area contributed by atoms with Crippen molar-refractivity contribution in [1.82, 2.24) is 9.88 Å². The van der Waals surface area contributed by atoms with E-state index in [0.29, 0.717) is 31.6 Å². The number of carbonyl (C=O) groups excluding carboxylic acids is 1. The van der Waals surface area contributed by atoms with Crippen LogP contribution in [-0.2, 0) is 11.2 Å². The summed E-state index contributed by atoms with van der Waals surface area (Å²) < 4.78 is 0. The molecule has 170 valence electrons. The van der Waals surface area contributed by atoms with Gasteiger partial charge in [0, 0.05) is 36.1 Å². The monoisotopic (exact) mass is 458 g/mol. The average Bonchev–Trinajstić information content (AvgIpc) is 3.36. The van der Waals surface area contributed by atoms with Crippen molar-refractivity contribution < 1.29 is 4.79 Å². The molecule has 1 saturated heterocycles. The Morgan fingerprint density at radius 2 is 2.00 bits per heavy atom. The molecule has 1 amide bonds. The lowest BCUT2D eigenvalue weighted by atomic mass is 9.95. The fourth-order valence-corrected chi connectivity index (χ4v) is 5.21. The minimum atomic E-state index is 0.107. The Morgan fingerprint density at radius 3 is 2.64 bits per heavy atom. The molecule has 1 aromatic carbocycles. The third-order valence-corrected chi connectivity index (χ3v) is 7.14. The lowest BCUT2D eigenvalue weighted by Gasteiger charge is -2.42. The molecule has 3 aromatic rings. The summed E-state index contributed by atoms with van der Waals surface area (Å²) in [5.41, 5.74) is 3.68. The topological polar surface area (TPSA) is 60.2 Å². The summed E-state index contributed by atoms with van der Waals surface area (Å²) in [7, 11) is 0. The fraction of sp³-hybridized carbons (Fsp3) is 0.370. The first-order valence-electron chi connectivity index (χ1n) is 11.6. The van der Waals surface area contributed by atoms with Crippen LogP contribution < -0.4 is 4.90 Å². The molecule has 2 aromatic heterocycles. The van der Waals surface area contributed by atoms with Crippen LogP contribution in [0.3, 0.4) is 0 Å². The lowest BCUT2D eigenvalue weighted by molar-refractivity contribution is -0.133. The summed E-state index contributed by atoms with van der Waals surface area (Å²) in [6.45, 7) is 8.41. The van der Waals surface area contributed by atoms with E-state index in [1.807, 2.05) is 46.7 Å². The molecule has 5 nitrogen and oxygen atoms in total. The van der Waals surface area contributed by atoms with Gasteiger partial charge in [-0.15, -0.1) is 11.3 Å². The zero-order valence-electron chi connectivity index (χ0n) is 19.5. The molecule has 0 spiro atoms. The van der Waals surface area contributed by atoms with Gasteiger partial charge in [0.2, 0.25) is 5.91 Å². The van der Waals surface area contributed by atoms with Crippen molar-refractivity contribution in [1.29, 1.82) is 5.26 Å². The van der Waals surface area contributed by atoms with Gasteiger partial charge in [-0.2, -0.15) is 5.26 Å². The van der Waals surface area contributed by atoms with Gasteiger partial charge < -0.3 is 9.80 Å². The normalized spacial score (nSPS) is 16.2. The van der Waals surface area contributed by atoms with Crippen molar-refractivity contribution >= 4 is 23.1 Å². The summed E-state index contributed by atoms with van der Waals surface area (Å²) in [6.07, 6.45) is 1.33. The SMILES string of the molecule is CC[C@@H]1CN(c2nc(C(C)C)c(-c3ccccc3)cc2C#N)CCN1C(=O)Cc1cccs1. The molecule has 0 unspecified atom stereocenters. The highest BCUT2D eigenvalue weighted by Crippen LogP contribution is 2.33. The number of nitrogens with zero attached hydrogens (tertiary/aromatic N) is 4. The Bertz CT molecular complexity index is 1130. The van der Waals surface area contributed by atoms with Gasteiger partial charge in [-0.05, 0) is 35.4 Å². The molecular weight excluding hydrogens is 428 g/mol. The van der Waals surface area contributed by atoms with Crippen molar-refractivity contribution in [2.45, 2.75) is 45.6 Å². The number of amides is 1. The highest BCUT2D eigenvalue weighted by Gasteiger charge is 2.31. The van der Waals surface area contributed by atoms with Crippen LogP contribution in [0.2, 0.25) is 0 Å². The Balaban J connectivity index is 1.62. The first-order valence-corrected chi connectivity index (χ1v) is 12.5. The average molecular weight is 459 g/mol. The number of pyridine rings is 1. The van der Waals surface area contributed by atoms with Crippen LogP contribution in [0.1, 0.15) is 49.2 Å². The Morgan fingerprint density at radius 1 is 1.21 bits per heavy atom. The molecule has 3 heterocycles. The van der Waals surface area contributed by atoms with E-state index in [1.165, 1.54) is 0 Å². The van der Waals surface area contributed by atoms with Gasteiger partial charge in [0.15, 0.2) is 0 Å². The van der Waals surface area contributed by atoms with Crippen molar-refractivity contribution in [3.05, 3.63) is 70.0 Å². The van der Waals surface area contributed by atoms with Crippen LogP contribution in [0.25, 0.3) is 11.1 Å². The molecule has 33 heavy (non-hydrogen) atoms. The molecule has 0 radical (unpaired) electrons. The van der Waals surface area contributed by atoms with Crippen LogP contribution in [0.15, 0.2) is 53.9 Å². The third kappa shape index (κ3) is 4.94. The summed E-state index contributed by atoms with van der Waals surface area (Å²) in [4.78, 5) is 23.4. The Kier molecular flexibility index (Phi) is 7.10. The molecule has 0 bridgehead atoms. The van der Waals surface area contributed by atoms with Gasteiger partial charge in [0.05, 0.1) is 17.7 Å². The third-order valence-electron chi connectivity index (χ3n) is 6.26. The second-order valence-corrected chi connectivity index (χ2v) is 9.81. The Labute approximate surface area is 200 Å². The van der Waals surface area contributed by atoms with E-state index >= 15 is 0 Å². The number of piperazine rings is 1. The van der Waals surface area contributed by atoms with Crippen LogP contribution in [0, 0.1) is 11.3 Å². The largest absolute Gasteiger partial charge is 0.352 e. The van der Waals surface area contributed by atoms with E-state index < -0.39 is 0 Å². The summed E-state index contributed by atoms with van der Waals surface area (Å²) in [5, 5.41) is 12.0. The standard InChI is InChI=1S/C27H30N4OS/c1-4-22-18-30(12-13-31(22)25(32)16-23-11-8-14-33-23)27-21(17-28)15-24(26(29-27)19(2)3)20-9-6-5-7-10-20/h5-11,14-15,19,22H,4,12-13,16,18H2,1-3H3/t22-/m1/s1. The quantitative estimate of drug-likeness (QED) is 0.491. The summed E-state index contributed by atoms with van der Waals surface area (Å²) in [6, 6.07) is 18.6. The van der Waals surface area contributed by atoms with Gasteiger partial charge >= 0.3 is 0 Å². The smallest absolute Gasteiger partial charge is 0.228 e. The number of rotatable bonds is 6. The van der Waals surface area contributed by atoms with Crippen LogP contribution in [-0.4, -0.2) is 41.5 Å². The van der Waals surface area contributed by atoms with Crippen molar-refractivity contribution in [2.75, 3.05) is 24.5 Å². The van der Waals surface area contributed by atoms with E-state index in [1.54, 1.807) is 11.3 Å². The van der Waals surface area contributed by atoms with E-state index in [-0.39, 0.29) is 17.9 Å². The maximum Gasteiger partial charge on any atom is 0.228 e. The van der Waals surface area contributed by atoms with Gasteiger partial charge in [0.25, 0.3) is 0 Å². The number of hydrogen-bond acceptors (Lipinski definition) is 5. The maximum atomic E-state index is 13.0. The van der Waals surface area contributed by atoms with E-state index in [2.05, 4.69) is 43.9 Å². The number of thiophene rings is 1. The number of aromatic nitrogens is 1. The molecule has 1 atom stereocenters. The number of hydrogen-bond donors (Lipinski definition) is 0. The van der Waals surface area contributed by atoms with Crippen LogP contribution >= 0.6 is 11.3 Å². The molecule has 0 saturated carbocycles. The molecule has 1 aliphatic heterocycles. The molecule has 1 aliphatic rings.